The van der Waals surface area contributed by atoms with Crippen molar-refractivity contribution >= 4 is 60.8 Å². The SMILES string of the molecule is CCCc1cc(C(N=C(N=CN)c2ccccc2)c2ccc(C3=CCCC=C3)cc2)cc2c3ccccc3c3c4ccccc4cc(C)c3c12. The van der Waals surface area contributed by atoms with Crippen LogP contribution < -0.4 is 5.73 Å². The Morgan fingerprint density at radius 3 is 2.20 bits per heavy atom. The Morgan fingerprint density at radius 2 is 1.46 bits per heavy atom. The molecule has 244 valence electrons. The highest BCUT2D eigenvalue weighted by Crippen LogP contribution is 2.44. The fraction of sp³-hybridized carbons (Fsp3) is 0.149. The lowest BCUT2D eigenvalue weighted by molar-refractivity contribution is 0.862. The van der Waals surface area contributed by atoms with Crippen LogP contribution in [0.25, 0.3) is 48.7 Å². The van der Waals surface area contributed by atoms with E-state index in [0.29, 0.717) is 5.84 Å². The van der Waals surface area contributed by atoms with Crippen LogP contribution in [0.4, 0.5) is 0 Å². The molecular weight excluding hydrogens is 607 g/mol. The molecule has 3 nitrogen and oxygen atoms in total. The van der Waals surface area contributed by atoms with Gasteiger partial charge in [0.05, 0.1) is 6.34 Å². The third kappa shape index (κ3) is 5.69. The summed E-state index contributed by atoms with van der Waals surface area (Å²) in [6, 6.07) is 43.7. The molecule has 0 heterocycles. The third-order valence-electron chi connectivity index (χ3n) is 10.1. The van der Waals surface area contributed by atoms with Crippen molar-refractivity contribution < 1.29 is 0 Å². The van der Waals surface area contributed by atoms with Gasteiger partial charge in [-0.05, 0) is 109 Å². The predicted molar refractivity (Wildman–Crippen MR) is 215 cm³/mol. The van der Waals surface area contributed by atoms with Gasteiger partial charge in [0.1, 0.15) is 6.04 Å². The monoisotopic (exact) mass is 647 g/mol. The zero-order chi connectivity index (χ0) is 34.0. The van der Waals surface area contributed by atoms with E-state index in [1.807, 2.05) is 30.3 Å². The quantitative estimate of drug-likeness (QED) is 0.104. The number of allylic oxidation sites excluding steroid dienone is 4. The van der Waals surface area contributed by atoms with Gasteiger partial charge in [-0.15, -0.1) is 0 Å². The van der Waals surface area contributed by atoms with Gasteiger partial charge in [0, 0.05) is 5.56 Å². The zero-order valence-electron chi connectivity index (χ0n) is 28.7. The van der Waals surface area contributed by atoms with Crippen LogP contribution in [0.1, 0.15) is 65.6 Å². The highest BCUT2D eigenvalue weighted by Gasteiger charge is 2.22. The first-order valence-corrected chi connectivity index (χ1v) is 17.8. The Kier molecular flexibility index (Phi) is 8.56. The van der Waals surface area contributed by atoms with Gasteiger partial charge in [-0.25, -0.2) is 4.99 Å². The summed E-state index contributed by atoms with van der Waals surface area (Å²) in [5.41, 5.74) is 14.3. The second-order valence-corrected chi connectivity index (χ2v) is 13.3. The number of hydrogen-bond acceptors (Lipinski definition) is 1. The minimum atomic E-state index is -0.300. The number of hydrogen-bond donors (Lipinski definition) is 1. The lowest BCUT2D eigenvalue weighted by atomic mass is 9.84. The molecule has 50 heavy (non-hydrogen) atoms. The highest BCUT2D eigenvalue weighted by atomic mass is 15.0. The summed E-state index contributed by atoms with van der Waals surface area (Å²) in [7, 11) is 0. The van der Waals surface area contributed by atoms with Crippen LogP contribution >= 0.6 is 0 Å². The highest BCUT2D eigenvalue weighted by molar-refractivity contribution is 6.32. The molecule has 0 spiro atoms. The molecule has 0 amide bonds. The smallest absolute Gasteiger partial charge is 0.157 e. The number of benzene rings is 7. The maximum atomic E-state index is 5.94. The molecule has 3 heteroatoms. The molecule has 1 atom stereocenters. The van der Waals surface area contributed by atoms with Gasteiger partial charge in [-0.3, -0.25) is 4.99 Å². The Hall–Kier alpha value is -5.80. The minimum Gasteiger partial charge on any atom is -0.390 e. The summed E-state index contributed by atoms with van der Waals surface area (Å²) in [5.74, 6) is 0.614. The van der Waals surface area contributed by atoms with Gasteiger partial charge < -0.3 is 5.73 Å². The van der Waals surface area contributed by atoms with E-state index in [-0.39, 0.29) is 6.04 Å². The van der Waals surface area contributed by atoms with Crippen molar-refractivity contribution in [3.63, 3.8) is 0 Å². The number of aliphatic imine (C=N–C) groups is 2. The Bertz CT molecular complexity index is 2500. The summed E-state index contributed by atoms with van der Waals surface area (Å²) in [6.45, 7) is 4.55. The summed E-state index contributed by atoms with van der Waals surface area (Å²) >= 11 is 0. The van der Waals surface area contributed by atoms with Crippen molar-refractivity contribution in [2.75, 3.05) is 0 Å². The van der Waals surface area contributed by atoms with Gasteiger partial charge in [-0.1, -0.05) is 147 Å². The minimum absolute atomic E-state index is 0.300. The van der Waals surface area contributed by atoms with Crippen LogP contribution in [-0.2, 0) is 6.42 Å². The van der Waals surface area contributed by atoms with E-state index in [4.69, 9.17) is 10.7 Å². The van der Waals surface area contributed by atoms with Gasteiger partial charge >= 0.3 is 0 Å². The molecule has 0 saturated heterocycles. The van der Waals surface area contributed by atoms with Crippen molar-refractivity contribution in [1.29, 1.82) is 0 Å². The molecule has 2 N–H and O–H groups in total. The predicted octanol–water partition coefficient (Wildman–Crippen LogP) is 11.8. The van der Waals surface area contributed by atoms with Crippen molar-refractivity contribution in [1.82, 2.24) is 0 Å². The average molecular weight is 648 g/mol. The van der Waals surface area contributed by atoms with E-state index < -0.39 is 0 Å². The first kappa shape index (κ1) is 31.5. The van der Waals surface area contributed by atoms with E-state index in [2.05, 4.69) is 128 Å². The van der Waals surface area contributed by atoms with Crippen molar-refractivity contribution in [3.8, 4) is 0 Å². The molecule has 0 aromatic heterocycles. The molecule has 7 aromatic carbocycles. The van der Waals surface area contributed by atoms with E-state index in [1.165, 1.54) is 71.7 Å². The summed E-state index contributed by atoms with van der Waals surface area (Å²) in [5, 5.41) is 10.4. The number of aryl methyl sites for hydroxylation is 2. The number of fused-ring (bicyclic) bond motifs is 8. The van der Waals surface area contributed by atoms with Crippen LogP contribution in [0.2, 0.25) is 0 Å². The van der Waals surface area contributed by atoms with Crippen LogP contribution in [0.3, 0.4) is 0 Å². The lowest BCUT2D eigenvalue weighted by Crippen LogP contribution is -2.07. The molecule has 1 aliphatic rings. The van der Waals surface area contributed by atoms with Crippen molar-refractivity contribution in [2.45, 2.75) is 45.6 Å². The molecule has 8 rings (SSSR count). The van der Waals surface area contributed by atoms with Crippen LogP contribution in [0.5, 0.6) is 0 Å². The molecule has 0 saturated carbocycles. The van der Waals surface area contributed by atoms with Gasteiger partial charge in [0.2, 0.25) is 0 Å². The van der Waals surface area contributed by atoms with Crippen LogP contribution in [-0.4, -0.2) is 12.2 Å². The van der Waals surface area contributed by atoms with E-state index in [0.717, 1.165) is 42.4 Å². The molecule has 0 fully saturated rings. The Morgan fingerprint density at radius 1 is 0.720 bits per heavy atom. The maximum absolute atomic E-state index is 5.94. The summed E-state index contributed by atoms with van der Waals surface area (Å²) in [6.07, 6.45) is 12.4. The molecule has 0 radical (unpaired) electrons. The van der Waals surface area contributed by atoms with Gasteiger partial charge in [-0.2, -0.15) is 0 Å². The van der Waals surface area contributed by atoms with E-state index in [9.17, 15) is 0 Å². The summed E-state index contributed by atoms with van der Waals surface area (Å²) < 4.78 is 0. The lowest BCUT2D eigenvalue weighted by Gasteiger charge is -2.22. The molecular formula is C47H41N3. The normalized spacial score (nSPS) is 14.3. The van der Waals surface area contributed by atoms with Gasteiger partial charge in [0.15, 0.2) is 5.84 Å². The zero-order valence-corrected chi connectivity index (χ0v) is 28.7. The van der Waals surface area contributed by atoms with Crippen molar-refractivity contribution in [3.05, 3.63) is 173 Å². The van der Waals surface area contributed by atoms with Crippen molar-refractivity contribution in [2.24, 2.45) is 15.7 Å². The number of nitrogens with two attached hydrogens (primary N) is 1. The molecule has 1 unspecified atom stereocenters. The number of amidine groups is 1. The molecule has 7 aromatic rings. The second kappa shape index (κ2) is 13.6. The first-order valence-electron chi connectivity index (χ1n) is 17.8. The molecule has 0 bridgehead atoms. The largest absolute Gasteiger partial charge is 0.390 e. The number of rotatable bonds is 7. The fourth-order valence-corrected chi connectivity index (χ4v) is 7.87. The first-order chi connectivity index (χ1) is 24.6. The number of nitrogens with zero attached hydrogens (tertiary/aromatic N) is 2. The fourth-order valence-electron chi connectivity index (χ4n) is 7.87. The second-order valence-electron chi connectivity index (χ2n) is 13.3. The maximum Gasteiger partial charge on any atom is 0.157 e. The Labute approximate surface area is 294 Å². The average Bonchev–Trinajstić information content (AvgIpc) is 3.17. The Balaban J connectivity index is 1.43. The van der Waals surface area contributed by atoms with E-state index >= 15 is 0 Å². The third-order valence-corrected chi connectivity index (χ3v) is 10.1. The van der Waals surface area contributed by atoms with Gasteiger partial charge in [0.25, 0.3) is 0 Å². The van der Waals surface area contributed by atoms with E-state index in [1.54, 1.807) is 0 Å². The molecule has 1 aliphatic carbocycles. The summed E-state index contributed by atoms with van der Waals surface area (Å²) in [4.78, 5) is 10.1. The topological polar surface area (TPSA) is 50.7 Å². The van der Waals surface area contributed by atoms with Crippen LogP contribution in [0, 0.1) is 6.92 Å². The standard InChI is InChI=1S/C47H41N3/c1-3-14-37-28-38(29-42-40-21-12-13-22-41(40)45-39-20-11-10-19-36(39)27-31(2)43(45)44(37)42)46(50-47(49-30-48)35-17-8-5-9-18-35)34-25-23-33(24-26-34)32-15-6-4-7-16-32/h5-6,8-13,15-30,46H,3-4,7,14H2,1-2H3,(H2,48,49,50). The van der Waals surface area contributed by atoms with Crippen LogP contribution in [0.15, 0.2) is 150 Å². The molecule has 0 aliphatic heterocycles.